The molecule has 0 radical (unpaired) electrons. The van der Waals surface area contributed by atoms with Crippen molar-refractivity contribution < 1.29 is 9.90 Å². The lowest BCUT2D eigenvalue weighted by Crippen LogP contribution is -2.44. The lowest BCUT2D eigenvalue weighted by Gasteiger charge is -2.17. The highest BCUT2D eigenvalue weighted by molar-refractivity contribution is 5.81. The zero-order chi connectivity index (χ0) is 11.8. The van der Waals surface area contributed by atoms with Crippen molar-refractivity contribution in [3.05, 3.63) is 0 Å². The van der Waals surface area contributed by atoms with Crippen LogP contribution in [-0.4, -0.2) is 36.2 Å². The molecule has 4 heteroatoms. The van der Waals surface area contributed by atoms with Crippen LogP contribution in [0.25, 0.3) is 0 Å². The minimum atomic E-state index is -0.373. The van der Waals surface area contributed by atoms with Gasteiger partial charge in [0.15, 0.2) is 0 Å². The average molecular weight is 216 g/mol. The average Bonchev–Trinajstić information content (AvgIpc) is 2.13. The van der Waals surface area contributed by atoms with E-state index in [1.54, 1.807) is 6.92 Å². The second-order valence-electron chi connectivity index (χ2n) is 4.31. The number of aliphatic hydroxyl groups excluding tert-OH is 1. The van der Waals surface area contributed by atoms with E-state index in [1.807, 2.05) is 6.92 Å². The van der Waals surface area contributed by atoms with Gasteiger partial charge < -0.3 is 15.7 Å². The number of likely N-dealkylation sites (N-methyl/N-ethyl adjacent to an activating group) is 1. The first-order valence-electron chi connectivity index (χ1n) is 5.66. The molecule has 0 aromatic rings. The summed E-state index contributed by atoms with van der Waals surface area (Å²) in [7, 11) is 0. The topological polar surface area (TPSA) is 61.4 Å². The molecule has 0 saturated carbocycles. The summed E-state index contributed by atoms with van der Waals surface area (Å²) in [5, 5.41) is 15.3. The monoisotopic (exact) mass is 216 g/mol. The third-order valence-electron chi connectivity index (χ3n) is 2.15. The molecule has 0 spiro atoms. The lowest BCUT2D eigenvalue weighted by atomic mass is 10.1. The van der Waals surface area contributed by atoms with E-state index in [0.717, 1.165) is 6.42 Å². The van der Waals surface area contributed by atoms with Gasteiger partial charge >= 0.3 is 0 Å². The maximum absolute atomic E-state index is 11.3. The molecular formula is C11H24N2O2. The fourth-order valence-electron chi connectivity index (χ4n) is 1.36. The summed E-state index contributed by atoms with van der Waals surface area (Å²) in [5.74, 6) is 0.454. The first-order valence-corrected chi connectivity index (χ1v) is 5.66. The van der Waals surface area contributed by atoms with E-state index >= 15 is 0 Å². The molecule has 0 aliphatic carbocycles. The zero-order valence-corrected chi connectivity index (χ0v) is 10.2. The maximum Gasteiger partial charge on any atom is 0.236 e. The van der Waals surface area contributed by atoms with Crippen molar-refractivity contribution in [3.8, 4) is 0 Å². The molecule has 0 rings (SSSR count). The highest BCUT2D eigenvalue weighted by Crippen LogP contribution is 2.03. The van der Waals surface area contributed by atoms with E-state index < -0.39 is 0 Å². The van der Waals surface area contributed by atoms with Crippen LogP contribution in [0.4, 0.5) is 0 Å². The van der Waals surface area contributed by atoms with Crippen LogP contribution in [0.3, 0.4) is 0 Å². The van der Waals surface area contributed by atoms with Crippen LogP contribution in [0.1, 0.15) is 34.1 Å². The molecule has 0 aliphatic rings. The Labute approximate surface area is 92.4 Å². The van der Waals surface area contributed by atoms with Crippen molar-refractivity contribution in [1.82, 2.24) is 10.6 Å². The molecule has 2 atom stereocenters. The van der Waals surface area contributed by atoms with Crippen LogP contribution in [-0.2, 0) is 4.79 Å². The molecule has 0 aromatic carbocycles. The second-order valence-corrected chi connectivity index (χ2v) is 4.31. The van der Waals surface area contributed by atoms with Crippen LogP contribution in [0.15, 0.2) is 0 Å². The summed E-state index contributed by atoms with van der Waals surface area (Å²) in [6.07, 6.45) is 0.386. The quantitative estimate of drug-likeness (QED) is 0.581. The summed E-state index contributed by atoms with van der Waals surface area (Å²) in [6.45, 7) is 8.92. The fraction of sp³-hybridized carbons (Fsp3) is 0.909. The SMILES string of the molecule is CCNC(=O)C(C)NCC(O)CC(C)C. The van der Waals surface area contributed by atoms with Gasteiger partial charge in [-0.25, -0.2) is 0 Å². The van der Waals surface area contributed by atoms with Crippen LogP contribution in [0, 0.1) is 5.92 Å². The van der Waals surface area contributed by atoms with E-state index in [0.29, 0.717) is 19.0 Å². The molecule has 0 fully saturated rings. The van der Waals surface area contributed by atoms with Crippen LogP contribution in [0.2, 0.25) is 0 Å². The Hall–Kier alpha value is -0.610. The molecule has 0 bridgehead atoms. The molecule has 0 aliphatic heterocycles. The fourth-order valence-corrected chi connectivity index (χ4v) is 1.36. The molecule has 15 heavy (non-hydrogen) atoms. The Bertz CT molecular complexity index is 183. The van der Waals surface area contributed by atoms with E-state index in [4.69, 9.17) is 0 Å². The van der Waals surface area contributed by atoms with Gasteiger partial charge in [0.1, 0.15) is 0 Å². The summed E-state index contributed by atoms with van der Waals surface area (Å²) in [5.41, 5.74) is 0. The number of hydrogen-bond acceptors (Lipinski definition) is 3. The molecule has 3 N–H and O–H groups in total. The van der Waals surface area contributed by atoms with Crippen molar-refractivity contribution in [2.75, 3.05) is 13.1 Å². The van der Waals surface area contributed by atoms with Crippen LogP contribution >= 0.6 is 0 Å². The van der Waals surface area contributed by atoms with Gasteiger partial charge in [-0.15, -0.1) is 0 Å². The van der Waals surface area contributed by atoms with Crippen molar-refractivity contribution >= 4 is 5.91 Å². The number of carbonyl (C=O) groups is 1. The van der Waals surface area contributed by atoms with Gasteiger partial charge in [0.25, 0.3) is 0 Å². The summed E-state index contributed by atoms with van der Waals surface area (Å²) in [4.78, 5) is 11.3. The predicted molar refractivity (Wildman–Crippen MR) is 61.6 cm³/mol. The predicted octanol–water partition coefficient (Wildman–Crippen LogP) is 0.508. The van der Waals surface area contributed by atoms with Gasteiger partial charge in [-0.3, -0.25) is 4.79 Å². The first-order chi connectivity index (χ1) is 6.97. The Morgan fingerprint density at radius 3 is 2.40 bits per heavy atom. The van der Waals surface area contributed by atoms with Crippen molar-refractivity contribution in [1.29, 1.82) is 0 Å². The number of nitrogens with one attached hydrogen (secondary N) is 2. The standard InChI is InChI=1S/C11H24N2O2/c1-5-12-11(15)9(4)13-7-10(14)6-8(2)3/h8-10,13-14H,5-7H2,1-4H3,(H,12,15). The maximum atomic E-state index is 11.3. The first kappa shape index (κ1) is 14.4. The Morgan fingerprint density at radius 2 is 1.93 bits per heavy atom. The molecule has 1 amide bonds. The third kappa shape index (κ3) is 7.33. The van der Waals surface area contributed by atoms with Gasteiger partial charge in [0.05, 0.1) is 12.1 Å². The van der Waals surface area contributed by atoms with E-state index in [2.05, 4.69) is 24.5 Å². The largest absolute Gasteiger partial charge is 0.392 e. The van der Waals surface area contributed by atoms with Gasteiger partial charge in [-0.05, 0) is 26.2 Å². The number of aliphatic hydroxyl groups is 1. The highest BCUT2D eigenvalue weighted by Gasteiger charge is 2.13. The van der Waals surface area contributed by atoms with E-state index in [-0.39, 0.29) is 18.1 Å². The van der Waals surface area contributed by atoms with Crippen LogP contribution in [0.5, 0.6) is 0 Å². The Balaban J connectivity index is 3.69. The highest BCUT2D eigenvalue weighted by atomic mass is 16.3. The van der Waals surface area contributed by atoms with Crippen molar-refractivity contribution in [2.24, 2.45) is 5.92 Å². The summed E-state index contributed by atoms with van der Waals surface area (Å²) in [6, 6.07) is -0.244. The Morgan fingerprint density at radius 1 is 1.33 bits per heavy atom. The second kappa shape index (κ2) is 7.65. The molecule has 0 saturated heterocycles. The van der Waals surface area contributed by atoms with Gasteiger partial charge in [-0.2, -0.15) is 0 Å². The van der Waals surface area contributed by atoms with Crippen molar-refractivity contribution in [3.63, 3.8) is 0 Å². The number of amides is 1. The van der Waals surface area contributed by atoms with Gasteiger partial charge in [-0.1, -0.05) is 13.8 Å². The normalized spacial score (nSPS) is 15.1. The number of hydrogen-bond donors (Lipinski definition) is 3. The smallest absolute Gasteiger partial charge is 0.236 e. The molecular weight excluding hydrogens is 192 g/mol. The molecule has 90 valence electrons. The minimum Gasteiger partial charge on any atom is -0.392 e. The van der Waals surface area contributed by atoms with Gasteiger partial charge in [0.2, 0.25) is 5.91 Å². The number of carbonyl (C=O) groups excluding carboxylic acids is 1. The van der Waals surface area contributed by atoms with Gasteiger partial charge in [0, 0.05) is 13.1 Å². The Kier molecular flexibility index (Phi) is 7.34. The van der Waals surface area contributed by atoms with Crippen molar-refractivity contribution in [2.45, 2.75) is 46.3 Å². The summed E-state index contributed by atoms with van der Waals surface area (Å²) < 4.78 is 0. The summed E-state index contributed by atoms with van der Waals surface area (Å²) >= 11 is 0. The van der Waals surface area contributed by atoms with E-state index in [1.165, 1.54) is 0 Å². The number of rotatable bonds is 7. The molecule has 0 aromatic heterocycles. The third-order valence-corrected chi connectivity index (χ3v) is 2.15. The minimum absolute atomic E-state index is 0.0192. The van der Waals surface area contributed by atoms with Crippen LogP contribution < -0.4 is 10.6 Å². The molecule has 4 nitrogen and oxygen atoms in total. The molecule has 0 heterocycles. The zero-order valence-electron chi connectivity index (χ0n) is 10.2. The van der Waals surface area contributed by atoms with E-state index in [9.17, 15) is 9.90 Å². The lowest BCUT2D eigenvalue weighted by molar-refractivity contribution is -0.122. The molecule has 2 unspecified atom stereocenters.